The number of anilines is 1. The van der Waals surface area contributed by atoms with Crippen molar-refractivity contribution in [2.45, 2.75) is 26.3 Å². The molecule has 2 N–H and O–H groups in total. The Hall–Kier alpha value is -2.81. The molecule has 0 aliphatic carbocycles. The first-order valence-corrected chi connectivity index (χ1v) is 8.48. The second kappa shape index (κ2) is 5.68. The minimum absolute atomic E-state index is 0.176. The summed E-state index contributed by atoms with van der Waals surface area (Å²) in [5.74, 6) is 2.21. The quantitative estimate of drug-likeness (QED) is 0.590. The molecule has 122 valence electrons. The molecule has 0 radical (unpaired) electrons. The number of aromatic nitrogens is 6. The van der Waals surface area contributed by atoms with Crippen LogP contribution >= 0.6 is 11.3 Å². The Bertz CT molecular complexity index is 1080. The summed E-state index contributed by atoms with van der Waals surface area (Å²) < 4.78 is 1.68. The van der Waals surface area contributed by atoms with E-state index < -0.39 is 0 Å². The fourth-order valence-corrected chi connectivity index (χ4v) is 3.37. The maximum Gasteiger partial charge on any atom is 0.293 e. The molecule has 8 nitrogen and oxygen atoms in total. The molecule has 4 aromatic heterocycles. The van der Waals surface area contributed by atoms with Gasteiger partial charge in [-0.25, -0.2) is 9.97 Å². The SMILES string of the molecule is CCc1nc(NC(C)c2nnc3c(=O)[nH]ccn23)c2ccsc2n1. The zero-order valence-electron chi connectivity index (χ0n) is 13.1. The summed E-state index contributed by atoms with van der Waals surface area (Å²) in [4.78, 5) is 24.5. The maximum absolute atomic E-state index is 11.8. The summed E-state index contributed by atoms with van der Waals surface area (Å²) in [7, 11) is 0. The Morgan fingerprint density at radius 3 is 3.08 bits per heavy atom. The van der Waals surface area contributed by atoms with Gasteiger partial charge in [0.1, 0.15) is 16.5 Å². The number of nitrogens with one attached hydrogen (secondary N) is 2. The maximum atomic E-state index is 11.8. The number of hydrogen-bond donors (Lipinski definition) is 2. The zero-order valence-corrected chi connectivity index (χ0v) is 14.0. The van der Waals surface area contributed by atoms with Gasteiger partial charge in [0.15, 0.2) is 5.82 Å². The molecule has 4 aromatic rings. The molecule has 1 unspecified atom stereocenters. The molecule has 0 amide bonds. The van der Waals surface area contributed by atoms with Gasteiger partial charge < -0.3 is 10.3 Å². The molecule has 0 saturated carbocycles. The Morgan fingerprint density at radius 2 is 2.25 bits per heavy atom. The molecule has 0 saturated heterocycles. The van der Waals surface area contributed by atoms with E-state index in [0.29, 0.717) is 5.82 Å². The minimum atomic E-state index is -0.265. The molecule has 0 aliphatic heterocycles. The Kier molecular flexibility index (Phi) is 3.49. The van der Waals surface area contributed by atoms with E-state index in [1.165, 1.54) is 0 Å². The first-order valence-electron chi connectivity index (χ1n) is 7.60. The van der Waals surface area contributed by atoms with Gasteiger partial charge in [0.25, 0.3) is 5.56 Å². The average Bonchev–Trinajstić information content (AvgIpc) is 3.21. The summed E-state index contributed by atoms with van der Waals surface area (Å²) in [6.45, 7) is 3.99. The average molecular weight is 341 g/mol. The van der Waals surface area contributed by atoms with Crippen molar-refractivity contribution in [2.75, 3.05) is 5.32 Å². The number of aromatic amines is 1. The summed E-state index contributed by atoms with van der Waals surface area (Å²) in [5, 5.41) is 14.5. The molecule has 9 heteroatoms. The van der Waals surface area contributed by atoms with Crippen LogP contribution in [0.15, 0.2) is 28.6 Å². The molecule has 4 rings (SSSR count). The lowest BCUT2D eigenvalue weighted by Gasteiger charge is -2.14. The van der Waals surface area contributed by atoms with Crippen molar-refractivity contribution < 1.29 is 0 Å². The van der Waals surface area contributed by atoms with Crippen molar-refractivity contribution in [3.8, 4) is 0 Å². The van der Waals surface area contributed by atoms with E-state index in [1.807, 2.05) is 25.3 Å². The second-order valence-corrected chi connectivity index (χ2v) is 6.28. The van der Waals surface area contributed by atoms with Gasteiger partial charge in [-0.2, -0.15) is 0 Å². The van der Waals surface area contributed by atoms with Crippen LogP contribution in [0, 0.1) is 0 Å². The van der Waals surface area contributed by atoms with Crippen molar-refractivity contribution in [1.29, 1.82) is 0 Å². The highest BCUT2D eigenvalue weighted by atomic mass is 32.1. The first kappa shape index (κ1) is 14.8. The highest BCUT2D eigenvalue weighted by Crippen LogP contribution is 2.27. The second-order valence-electron chi connectivity index (χ2n) is 5.39. The highest BCUT2D eigenvalue weighted by Gasteiger charge is 2.17. The van der Waals surface area contributed by atoms with Crippen LogP contribution in [0.3, 0.4) is 0 Å². The van der Waals surface area contributed by atoms with Crippen LogP contribution < -0.4 is 10.9 Å². The summed E-state index contributed by atoms with van der Waals surface area (Å²) in [6, 6.07) is 1.82. The molecular weight excluding hydrogens is 326 g/mol. The lowest BCUT2D eigenvalue weighted by Crippen LogP contribution is -2.14. The van der Waals surface area contributed by atoms with Crippen molar-refractivity contribution >= 4 is 33.0 Å². The van der Waals surface area contributed by atoms with Crippen LogP contribution in [0.1, 0.15) is 31.5 Å². The van der Waals surface area contributed by atoms with Crippen LogP contribution in [0.5, 0.6) is 0 Å². The van der Waals surface area contributed by atoms with Gasteiger partial charge in [-0.3, -0.25) is 9.20 Å². The third-order valence-corrected chi connectivity index (χ3v) is 4.60. The van der Waals surface area contributed by atoms with Gasteiger partial charge in [-0.1, -0.05) is 6.92 Å². The summed E-state index contributed by atoms with van der Waals surface area (Å²) in [6.07, 6.45) is 4.08. The largest absolute Gasteiger partial charge is 0.360 e. The number of rotatable bonds is 4. The van der Waals surface area contributed by atoms with Gasteiger partial charge in [-0.05, 0) is 18.4 Å². The Labute approximate surface area is 140 Å². The van der Waals surface area contributed by atoms with Crippen LogP contribution in [-0.2, 0) is 6.42 Å². The lowest BCUT2D eigenvalue weighted by atomic mass is 10.3. The van der Waals surface area contributed by atoms with E-state index >= 15 is 0 Å². The number of thiophene rings is 1. The lowest BCUT2D eigenvalue weighted by molar-refractivity contribution is 0.765. The van der Waals surface area contributed by atoms with E-state index in [2.05, 4.69) is 30.5 Å². The van der Waals surface area contributed by atoms with Gasteiger partial charge in [0.05, 0.1) is 11.4 Å². The van der Waals surface area contributed by atoms with Crippen molar-refractivity contribution in [1.82, 2.24) is 29.5 Å². The zero-order chi connectivity index (χ0) is 16.7. The number of hydrogen-bond acceptors (Lipinski definition) is 7. The molecule has 1 atom stereocenters. The molecule has 0 spiro atoms. The van der Waals surface area contributed by atoms with E-state index in [1.54, 1.807) is 28.1 Å². The summed E-state index contributed by atoms with van der Waals surface area (Å²) >= 11 is 1.59. The molecule has 4 heterocycles. The first-order chi connectivity index (χ1) is 11.7. The number of nitrogens with zero attached hydrogens (tertiary/aromatic N) is 5. The van der Waals surface area contributed by atoms with Crippen molar-refractivity contribution in [3.63, 3.8) is 0 Å². The smallest absolute Gasteiger partial charge is 0.293 e. The van der Waals surface area contributed by atoms with Crippen LogP contribution in [-0.4, -0.2) is 29.5 Å². The van der Waals surface area contributed by atoms with E-state index in [-0.39, 0.29) is 17.2 Å². The monoisotopic (exact) mass is 341 g/mol. The van der Waals surface area contributed by atoms with Crippen LogP contribution in [0.25, 0.3) is 15.9 Å². The Balaban J connectivity index is 1.76. The summed E-state index contributed by atoms with van der Waals surface area (Å²) in [5.41, 5.74) is 0.0118. The third-order valence-electron chi connectivity index (χ3n) is 3.79. The van der Waals surface area contributed by atoms with Gasteiger partial charge >= 0.3 is 0 Å². The molecule has 0 fully saturated rings. The predicted molar refractivity (Wildman–Crippen MR) is 92.4 cm³/mol. The molecule has 0 bridgehead atoms. The van der Waals surface area contributed by atoms with Gasteiger partial charge in [0, 0.05) is 18.8 Å². The number of aryl methyl sites for hydroxylation is 1. The molecular formula is C15H15N7OS. The topological polar surface area (TPSA) is 101 Å². The molecule has 0 aromatic carbocycles. The van der Waals surface area contributed by atoms with E-state index in [4.69, 9.17) is 0 Å². The fourth-order valence-electron chi connectivity index (χ4n) is 2.59. The predicted octanol–water partition coefficient (Wildman–Crippen LogP) is 2.16. The Morgan fingerprint density at radius 1 is 1.38 bits per heavy atom. The van der Waals surface area contributed by atoms with Crippen LogP contribution in [0.2, 0.25) is 0 Å². The number of fused-ring (bicyclic) bond motifs is 2. The fraction of sp³-hybridized carbons (Fsp3) is 0.267. The van der Waals surface area contributed by atoms with Crippen molar-refractivity contribution in [2.24, 2.45) is 0 Å². The molecule has 0 aliphatic rings. The van der Waals surface area contributed by atoms with E-state index in [9.17, 15) is 4.79 Å². The minimum Gasteiger partial charge on any atom is -0.360 e. The van der Waals surface area contributed by atoms with Gasteiger partial charge in [-0.15, -0.1) is 21.5 Å². The van der Waals surface area contributed by atoms with Crippen LogP contribution in [0.4, 0.5) is 5.82 Å². The van der Waals surface area contributed by atoms with Crippen molar-refractivity contribution in [3.05, 3.63) is 45.8 Å². The van der Waals surface area contributed by atoms with E-state index in [0.717, 1.165) is 28.3 Å². The molecule has 24 heavy (non-hydrogen) atoms. The standard InChI is InChI=1S/C15H15N7OS/c1-3-10-18-11(9-4-7-24-15(9)19-10)17-8(2)12-20-21-13-14(23)16-5-6-22(12)13/h4-8H,3H2,1-2H3,(H,16,23)(H,17,18,19). The normalized spacial score (nSPS) is 12.8. The third kappa shape index (κ3) is 2.33. The highest BCUT2D eigenvalue weighted by molar-refractivity contribution is 7.16. The number of H-pyrrole nitrogens is 1. The van der Waals surface area contributed by atoms with Gasteiger partial charge in [0.2, 0.25) is 5.65 Å².